The lowest BCUT2D eigenvalue weighted by Gasteiger charge is -2.21. The van der Waals surface area contributed by atoms with Crippen molar-refractivity contribution in [3.05, 3.63) is 0 Å². The summed E-state index contributed by atoms with van der Waals surface area (Å²) in [6, 6.07) is 0. The highest BCUT2D eigenvalue weighted by Crippen LogP contribution is 2.45. The van der Waals surface area contributed by atoms with Gasteiger partial charge in [0, 0.05) is 25.7 Å². The molecule has 0 aromatic heterocycles. The monoisotopic (exact) mass is 1470 g/mol. The second-order valence-corrected chi connectivity index (χ2v) is 33.3. The maximum atomic E-state index is 13.1. The highest BCUT2D eigenvalue weighted by Gasteiger charge is 2.30. The molecule has 0 radical (unpaired) electrons. The van der Waals surface area contributed by atoms with Gasteiger partial charge in [0.25, 0.3) is 0 Å². The summed E-state index contributed by atoms with van der Waals surface area (Å²) in [6.45, 7) is 11.9. The molecule has 17 nitrogen and oxygen atoms in total. The van der Waals surface area contributed by atoms with Gasteiger partial charge < -0.3 is 33.8 Å². The second-order valence-electron chi connectivity index (χ2n) is 30.4. The van der Waals surface area contributed by atoms with E-state index in [2.05, 4.69) is 48.5 Å². The molecular formula is C81H158O17P2. The Bertz CT molecular complexity index is 1940. The Kier molecular flexibility index (Phi) is 69.9. The molecule has 0 aliphatic rings. The normalized spacial score (nSPS) is 14.2. The Hall–Kier alpha value is -1.94. The number of hydrogen-bond donors (Lipinski definition) is 3. The van der Waals surface area contributed by atoms with Crippen LogP contribution in [0, 0.1) is 17.8 Å². The highest BCUT2D eigenvalue weighted by atomic mass is 31.2. The van der Waals surface area contributed by atoms with Crippen molar-refractivity contribution in [2.45, 2.75) is 439 Å². The first-order valence-electron chi connectivity index (χ1n) is 41.9. The van der Waals surface area contributed by atoms with Gasteiger partial charge in [0.05, 0.1) is 26.4 Å². The fourth-order valence-electron chi connectivity index (χ4n) is 12.5. The molecule has 0 saturated heterocycles. The number of carbonyl (C=O) groups is 4. The smallest absolute Gasteiger partial charge is 0.462 e. The van der Waals surface area contributed by atoms with Crippen molar-refractivity contribution in [1.29, 1.82) is 0 Å². The molecule has 19 heteroatoms. The average molecular weight is 1470 g/mol. The van der Waals surface area contributed by atoms with Gasteiger partial charge in [-0.2, -0.15) is 0 Å². The van der Waals surface area contributed by atoms with Crippen LogP contribution in [0.15, 0.2) is 0 Å². The van der Waals surface area contributed by atoms with Crippen molar-refractivity contribution < 1.29 is 80.2 Å². The molecule has 0 aromatic carbocycles. The van der Waals surface area contributed by atoms with Gasteiger partial charge in [-0.05, 0) is 43.4 Å². The Balaban J connectivity index is 5.24. The van der Waals surface area contributed by atoms with Gasteiger partial charge in [0.1, 0.15) is 19.3 Å². The minimum Gasteiger partial charge on any atom is -0.462 e. The summed E-state index contributed by atoms with van der Waals surface area (Å²) in [6.07, 6.45) is 59.7. The minimum atomic E-state index is -4.96. The van der Waals surface area contributed by atoms with E-state index in [1.54, 1.807) is 0 Å². The van der Waals surface area contributed by atoms with Crippen molar-refractivity contribution in [2.24, 2.45) is 17.8 Å². The van der Waals surface area contributed by atoms with E-state index in [1.165, 1.54) is 225 Å². The molecule has 0 aliphatic heterocycles. The summed E-state index contributed by atoms with van der Waals surface area (Å²) in [5.74, 6) is 0.183. The van der Waals surface area contributed by atoms with Gasteiger partial charge in [0.2, 0.25) is 0 Å². The van der Waals surface area contributed by atoms with Crippen LogP contribution >= 0.6 is 15.6 Å². The lowest BCUT2D eigenvalue weighted by molar-refractivity contribution is -0.161. The number of phosphoric acid groups is 2. The van der Waals surface area contributed by atoms with E-state index in [1.807, 2.05) is 0 Å². The van der Waals surface area contributed by atoms with Gasteiger partial charge in [-0.1, -0.05) is 370 Å². The van der Waals surface area contributed by atoms with Gasteiger partial charge in [-0.25, -0.2) is 9.13 Å². The number of ether oxygens (including phenoxy) is 4. The predicted octanol–water partition coefficient (Wildman–Crippen LogP) is 24.1. The van der Waals surface area contributed by atoms with Crippen LogP contribution in [-0.4, -0.2) is 96.7 Å². The summed E-state index contributed by atoms with van der Waals surface area (Å²) >= 11 is 0. The SMILES string of the molecule is CCCCCCCCCCCCCCCCCCCCCC(=O)O[C@H](COC(=O)CCCCCCCCCCCCCCCCC(C)C)COP(=O)(O)OC[C@@H](O)COP(=O)(O)OC[C@@H](COC(=O)CCCCCCCCC(C)CC)OC(=O)CCCCCCCCCCCCCC(C)C. The molecule has 0 rings (SSSR count). The largest absolute Gasteiger partial charge is 0.472 e. The van der Waals surface area contributed by atoms with Crippen molar-refractivity contribution in [3.8, 4) is 0 Å². The number of esters is 4. The molecule has 0 heterocycles. The summed E-state index contributed by atoms with van der Waals surface area (Å²) in [7, 11) is -9.92. The van der Waals surface area contributed by atoms with Gasteiger partial charge in [-0.15, -0.1) is 0 Å². The lowest BCUT2D eigenvalue weighted by atomic mass is 10.00. The lowest BCUT2D eigenvalue weighted by Crippen LogP contribution is -2.30. The zero-order valence-electron chi connectivity index (χ0n) is 65.7. The van der Waals surface area contributed by atoms with Crippen molar-refractivity contribution in [2.75, 3.05) is 39.6 Å². The molecular weight excluding hydrogens is 1310 g/mol. The van der Waals surface area contributed by atoms with Crippen LogP contribution in [0.2, 0.25) is 0 Å². The maximum absolute atomic E-state index is 13.1. The second kappa shape index (κ2) is 71.3. The van der Waals surface area contributed by atoms with Crippen molar-refractivity contribution in [3.63, 3.8) is 0 Å². The summed E-state index contributed by atoms with van der Waals surface area (Å²) in [4.78, 5) is 73.0. The number of unbranched alkanes of at least 4 members (excludes halogenated alkanes) is 46. The summed E-state index contributed by atoms with van der Waals surface area (Å²) in [5.41, 5.74) is 0. The Morgan fingerprint density at radius 2 is 0.510 bits per heavy atom. The maximum Gasteiger partial charge on any atom is 0.472 e. The molecule has 0 bridgehead atoms. The number of aliphatic hydroxyl groups is 1. The highest BCUT2D eigenvalue weighted by molar-refractivity contribution is 7.47. The molecule has 594 valence electrons. The average Bonchev–Trinajstić information content (AvgIpc) is 0.957. The van der Waals surface area contributed by atoms with Gasteiger partial charge in [0.15, 0.2) is 12.2 Å². The molecule has 0 saturated carbocycles. The molecule has 0 spiro atoms. The van der Waals surface area contributed by atoms with Crippen molar-refractivity contribution >= 4 is 39.5 Å². The third-order valence-corrected chi connectivity index (χ3v) is 21.1. The molecule has 100 heavy (non-hydrogen) atoms. The first-order valence-corrected chi connectivity index (χ1v) is 44.9. The molecule has 0 fully saturated rings. The fourth-order valence-corrected chi connectivity index (χ4v) is 14.0. The zero-order chi connectivity index (χ0) is 73.7. The first-order chi connectivity index (χ1) is 48.3. The molecule has 0 amide bonds. The summed E-state index contributed by atoms with van der Waals surface area (Å²) in [5, 5.41) is 10.6. The zero-order valence-corrected chi connectivity index (χ0v) is 67.5. The first kappa shape index (κ1) is 98.1. The van der Waals surface area contributed by atoms with Crippen LogP contribution in [0.5, 0.6) is 0 Å². The van der Waals surface area contributed by atoms with Gasteiger partial charge >= 0.3 is 39.5 Å². The number of rotatable bonds is 79. The molecule has 3 unspecified atom stereocenters. The van der Waals surface area contributed by atoms with Crippen LogP contribution in [-0.2, 0) is 65.4 Å². The summed E-state index contributed by atoms with van der Waals surface area (Å²) < 4.78 is 68.7. The predicted molar refractivity (Wildman–Crippen MR) is 409 cm³/mol. The molecule has 0 aromatic rings. The topological polar surface area (TPSA) is 237 Å². The van der Waals surface area contributed by atoms with Crippen LogP contribution < -0.4 is 0 Å². The third kappa shape index (κ3) is 73.0. The van der Waals surface area contributed by atoms with Gasteiger partial charge in [-0.3, -0.25) is 37.3 Å². The molecule has 3 N–H and O–H groups in total. The van der Waals surface area contributed by atoms with E-state index in [4.69, 9.17) is 37.0 Å². The van der Waals surface area contributed by atoms with E-state index >= 15 is 0 Å². The van der Waals surface area contributed by atoms with Crippen molar-refractivity contribution in [1.82, 2.24) is 0 Å². The molecule has 6 atom stereocenters. The van der Waals surface area contributed by atoms with Crippen LogP contribution in [0.1, 0.15) is 421 Å². The van der Waals surface area contributed by atoms with E-state index in [-0.39, 0.29) is 25.7 Å². The number of hydrogen-bond acceptors (Lipinski definition) is 15. The quantitative estimate of drug-likeness (QED) is 0.0222. The van der Waals surface area contributed by atoms with Crippen LogP contribution in [0.3, 0.4) is 0 Å². The Morgan fingerprint density at radius 3 is 0.760 bits per heavy atom. The van der Waals surface area contributed by atoms with E-state index in [0.29, 0.717) is 25.7 Å². The van der Waals surface area contributed by atoms with E-state index < -0.39 is 97.5 Å². The minimum absolute atomic E-state index is 0.106. The number of phosphoric ester groups is 2. The van der Waals surface area contributed by atoms with Crippen LogP contribution in [0.4, 0.5) is 0 Å². The number of carbonyl (C=O) groups excluding carboxylic acids is 4. The standard InChI is InChI=1S/C81H158O17P2/c1-8-10-11-12-13-14-15-16-17-18-19-20-21-26-31-36-41-50-57-64-80(85)97-76(68-91-78(83)62-55-48-40-35-30-25-23-22-24-28-33-38-45-52-59-72(3)4)70-95-99(87,88)93-66-75(82)67-94-100(89,90)96-71-77(69-92-79(84)63-56-49-44-43-47-54-61-74(7)9-2)98-81(86)65-58-51-42-37-32-27-29-34-39-46-53-60-73(5)6/h72-77,82H,8-71H2,1-7H3,(H,87,88)(H,89,90)/t74?,75-,76-,77-/m1/s1. The van der Waals surface area contributed by atoms with E-state index in [0.717, 1.165) is 114 Å². The van der Waals surface area contributed by atoms with Crippen LogP contribution in [0.25, 0.3) is 0 Å². The fraction of sp³-hybridized carbons (Fsp3) is 0.951. The number of aliphatic hydroxyl groups excluding tert-OH is 1. The Morgan fingerprint density at radius 1 is 0.290 bits per heavy atom. The third-order valence-electron chi connectivity index (χ3n) is 19.2. The Labute approximate surface area is 613 Å². The van der Waals surface area contributed by atoms with E-state index in [9.17, 15) is 43.2 Å². The molecule has 0 aliphatic carbocycles.